The van der Waals surface area contributed by atoms with Crippen LogP contribution in [0.4, 0.5) is 0 Å². The molecule has 5 nitrogen and oxygen atoms in total. The second kappa shape index (κ2) is 10.4. The van der Waals surface area contributed by atoms with Gasteiger partial charge in [-0.1, -0.05) is 27.7 Å². The first-order valence-corrected chi connectivity index (χ1v) is 6.39. The number of nitrogens with one attached hydrogen (secondary N) is 2. The Labute approximate surface area is 105 Å². The van der Waals surface area contributed by atoms with Crippen molar-refractivity contribution in [3.63, 3.8) is 0 Å². The highest BCUT2D eigenvalue weighted by atomic mass is 16.5. The number of aliphatic imine (C=N–C) groups is 1. The summed E-state index contributed by atoms with van der Waals surface area (Å²) in [6.45, 7) is 11.6. The second-order valence-electron chi connectivity index (χ2n) is 4.95. The van der Waals surface area contributed by atoms with Crippen molar-refractivity contribution in [3.8, 4) is 0 Å². The Morgan fingerprint density at radius 2 is 1.88 bits per heavy atom. The van der Waals surface area contributed by atoms with Crippen LogP contribution in [0.1, 0.15) is 34.1 Å². The Morgan fingerprint density at radius 1 is 1.18 bits per heavy atom. The zero-order valence-corrected chi connectivity index (χ0v) is 11.6. The Kier molecular flexibility index (Phi) is 9.86. The van der Waals surface area contributed by atoms with E-state index in [0.717, 1.165) is 26.1 Å². The minimum Gasteiger partial charge on any atom is -0.380 e. The largest absolute Gasteiger partial charge is 0.380 e. The molecular weight excluding hydrogens is 216 g/mol. The normalized spacial score (nSPS) is 12.3. The molecule has 0 amide bonds. The number of guanidine groups is 1. The number of nitrogens with zero attached hydrogens (tertiary/aromatic N) is 1. The van der Waals surface area contributed by atoms with E-state index in [1.54, 1.807) is 0 Å². The molecule has 0 aromatic carbocycles. The van der Waals surface area contributed by atoms with E-state index in [4.69, 9.17) is 10.6 Å². The Morgan fingerprint density at radius 3 is 2.41 bits per heavy atom. The zero-order valence-electron chi connectivity index (χ0n) is 11.6. The Balaban J connectivity index is 3.53. The molecule has 0 saturated carbocycles. The highest BCUT2D eigenvalue weighted by Gasteiger charge is 1.97. The summed E-state index contributed by atoms with van der Waals surface area (Å²) in [5.41, 5.74) is 2.55. The van der Waals surface area contributed by atoms with Gasteiger partial charge in [-0.05, 0) is 18.3 Å². The number of rotatable bonds is 8. The summed E-state index contributed by atoms with van der Waals surface area (Å²) < 4.78 is 5.48. The SMILES string of the molecule is CC(C)CCOCCNC(=NCC(C)C)NN. The number of hydrazine groups is 1. The molecule has 0 saturated heterocycles. The molecule has 0 unspecified atom stereocenters. The van der Waals surface area contributed by atoms with Crippen molar-refractivity contribution in [2.75, 3.05) is 26.3 Å². The van der Waals surface area contributed by atoms with Crippen LogP contribution in [0.3, 0.4) is 0 Å². The minimum atomic E-state index is 0.530. The van der Waals surface area contributed by atoms with Crippen molar-refractivity contribution in [3.05, 3.63) is 0 Å². The van der Waals surface area contributed by atoms with Crippen LogP contribution in [-0.4, -0.2) is 32.3 Å². The van der Waals surface area contributed by atoms with Crippen LogP contribution in [0, 0.1) is 11.8 Å². The number of hydrogen-bond donors (Lipinski definition) is 3. The van der Waals surface area contributed by atoms with Crippen LogP contribution in [0.15, 0.2) is 4.99 Å². The summed E-state index contributed by atoms with van der Waals surface area (Å²) in [5.74, 6) is 7.21. The molecule has 0 rings (SSSR count). The Hall–Kier alpha value is -0.810. The Bertz CT molecular complexity index is 205. The van der Waals surface area contributed by atoms with Crippen LogP contribution < -0.4 is 16.6 Å². The molecule has 0 aliphatic heterocycles. The average Bonchev–Trinajstić information content (AvgIpc) is 2.26. The first-order chi connectivity index (χ1) is 8.06. The van der Waals surface area contributed by atoms with Crippen molar-refractivity contribution in [1.29, 1.82) is 0 Å². The van der Waals surface area contributed by atoms with Crippen molar-refractivity contribution in [2.24, 2.45) is 22.7 Å². The van der Waals surface area contributed by atoms with Gasteiger partial charge in [0.05, 0.1) is 6.61 Å². The number of nitrogens with two attached hydrogens (primary N) is 1. The van der Waals surface area contributed by atoms with E-state index in [9.17, 15) is 0 Å². The molecule has 0 heterocycles. The molecule has 4 N–H and O–H groups in total. The molecule has 0 aromatic rings. The topological polar surface area (TPSA) is 71.7 Å². The summed E-state index contributed by atoms with van der Waals surface area (Å²) in [4.78, 5) is 4.30. The van der Waals surface area contributed by atoms with Gasteiger partial charge in [-0.25, -0.2) is 5.84 Å². The van der Waals surface area contributed by atoms with Crippen molar-refractivity contribution in [2.45, 2.75) is 34.1 Å². The van der Waals surface area contributed by atoms with Crippen LogP contribution in [0.25, 0.3) is 0 Å². The molecule has 0 aromatic heterocycles. The monoisotopic (exact) mass is 244 g/mol. The molecule has 0 atom stereocenters. The number of hydrogen-bond acceptors (Lipinski definition) is 3. The second-order valence-corrected chi connectivity index (χ2v) is 4.95. The molecule has 0 aliphatic carbocycles. The fourth-order valence-electron chi connectivity index (χ4n) is 1.09. The van der Waals surface area contributed by atoms with E-state index in [-0.39, 0.29) is 0 Å². The molecule has 5 heteroatoms. The van der Waals surface area contributed by atoms with Gasteiger partial charge in [-0.2, -0.15) is 0 Å². The maximum atomic E-state index is 5.48. The third-order valence-electron chi connectivity index (χ3n) is 2.13. The minimum absolute atomic E-state index is 0.530. The molecule has 102 valence electrons. The lowest BCUT2D eigenvalue weighted by molar-refractivity contribution is 0.128. The van der Waals surface area contributed by atoms with Gasteiger partial charge in [0.1, 0.15) is 0 Å². The molecule has 0 aliphatic rings. The molecule has 17 heavy (non-hydrogen) atoms. The summed E-state index contributed by atoms with van der Waals surface area (Å²) in [6.07, 6.45) is 1.10. The first-order valence-electron chi connectivity index (χ1n) is 6.39. The predicted molar refractivity (Wildman–Crippen MR) is 72.7 cm³/mol. The highest BCUT2D eigenvalue weighted by Crippen LogP contribution is 1.98. The van der Waals surface area contributed by atoms with E-state index in [2.05, 4.69) is 43.4 Å². The molecule has 0 radical (unpaired) electrons. The van der Waals surface area contributed by atoms with Crippen molar-refractivity contribution < 1.29 is 4.74 Å². The van der Waals surface area contributed by atoms with E-state index in [1.807, 2.05) is 0 Å². The number of ether oxygens (including phenoxy) is 1. The van der Waals surface area contributed by atoms with Gasteiger partial charge in [0.2, 0.25) is 5.96 Å². The van der Waals surface area contributed by atoms with E-state index < -0.39 is 0 Å². The van der Waals surface area contributed by atoms with Gasteiger partial charge in [-0.15, -0.1) is 0 Å². The third-order valence-corrected chi connectivity index (χ3v) is 2.13. The lowest BCUT2D eigenvalue weighted by Crippen LogP contribution is -2.43. The maximum Gasteiger partial charge on any atom is 0.205 e. The van der Waals surface area contributed by atoms with Gasteiger partial charge >= 0.3 is 0 Å². The van der Waals surface area contributed by atoms with Crippen molar-refractivity contribution >= 4 is 5.96 Å². The van der Waals surface area contributed by atoms with Gasteiger partial charge in [0.25, 0.3) is 0 Å². The predicted octanol–water partition coefficient (Wildman–Crippen LogP) is 1.11. The molecule has 0 fully saturated rings. The van der Waals surface area contributed by atoms with Crippen LogP contribution >= 0.6 is 0 Å². The maximum absolute atomic E-state index is 5.48. The average molecular weight is 244 g/mol. The zero-order chi connectivity index (χ0) is 13.1. The van der Waals surface area contributed by atoms with Gasteiger partial charge < -0.3 is 10.1 Å². The summed E-state index contributed by atoms with van der Waals surface area (Å²) in [5, 5.41) is 3.10. The van der Waals surface area contributed by atoms with E-state index in [0.29, 0.717) is 24.4 Å². The quantitative estimate of drug-likeness (QED) is 0.197. The molecule has 0 bridgehead atoms. The highest BCUT2D eigenvalue weighted by molar-refractivity contribution is 5.79. The summed E-state index contributed by atoms with van der Waals surface area (Å²) >= 11 is 0. The standard InChI is InChI=1S/C12H28N4O/c1-10(2)5-7-17-8-6-14-12(16-13)15-9-11(3)4/h10-11H,5-9,13H2,1-4H3,(H2,14,15,16). The van der Waals surface area contributed by atoms with Gasteiger partial charge in [0, 0.05) is 19.7 Å². The van der Waals surface area contributed by atoms with Crippen LogP contribution in [-0.2, 0) is 4.74 Å². The fourth-order valence-corrected chi connectivity index (χ4v) is 1.09. The third kappa shape index (κ3) is 11.5. The van der Waals surface area contributed by atoms with E-state index >= 15 is 0 Å². The van der Waals surface area contributed by atoms with Gasteiger partial charge in [0.15, 0.2) is 0 Å². The fraction of sp³-hybridized carbons (Fsp3) is 0.917. The summed E-state index contributed by atoms with van der Waals surface area (Å²) in [7, 11) is 0. The summed E-state index contributed by atoms with van der Waals surface area (Å²) in [6, 6.07) is 0. The van der Waals surface area contributed by atoms with Crippen LogP contribution in [0.5, 0.6) is 0 Å². The van der Waals surface area contributed by atoms with Gasteiger partial charge in [-0.3, -0.25) is 10.4 Å². The lowest BCUT2D eigenvalue weighted by Gasteiger charge is -2.10. The first kappa shape index (κ1) is 16.2. The molecule has 0 spiro atoms. The lowest BCUT2D eigenvalue weighted by atomic mass is 10.1. The smallest absolute Gasteiger partial charge is 0.205 e. The van der Waals surface area contributed by atoms with E-state index in [1.165, 1.54) is 0 Å². The molecular formula is C12H28N4O. The van der Waals surface area contributed by atoms with Crippen molar-refractivity contribution in [1.82, 2.24) is 10.7 Å². The van der Waals surface area contributed by atoms with Crippen LogP contribution in [0.2, 0.25) is 0 Å².